The van der Waals surface area contributed by atoms with Crippen LogP contribution < -0.4 is 10.2 Å². The molecular formula is C13H21FN4. The maximum absolute atomic E-state index is 14.3. The van der Waals surface area contributed by atoms with E-state index in [2.05, 4.69) is 27.1 Å². The Bertz CT molecular complexity index is 397. The van der Waals surface area contributed by atoms with Crippen LogP contribution in [-0.4, -0.2) is 50.2 Å². The van der Waals surface area contributed by atoms with Crippen molar-refractivity contribution in [3.8, 4) is 0 Å². The van der Waals surface area contributed by atoms with E-state index in [0.29, 0.717) is 17.9 Å². The highest BCUT2D eigenvalue weighted by molar-refractivity contribution is 5.43. The summed E-state index contributed by atoms with van der Waals surface area (Å²) < 4.78 is 14.3. The largest absolute Gasteiger partial charge is 0.353 e. The lowest BCUT2D eigenvalue weighted by Gasteiger charge is -2.22. The molecule has 5 heteroatoms. The molecule has 0 radical (unpaired) electrons. The van der Waals surface area contributed by atoms with Gasteiger partial charge in [-0.25, -0.2) is 9.37 Å². The van der Waals surface area contributed by atoms with E-state index >= 15 is 0 Å². The van der Waals surface area contributed by atoms with E-state index in [1.165, 1.54) is 0 Å². The van der Waals surface area contributed by atoms with Gasteiger partial charge in [0.05, 0.1) is 0 Å². The number of halogens is 1. The third-order valence-corrected chi connectivity index (χ3v) is 3.34. The zero-order chi connectivity index (χ0) is 13.0. The molecule has 0 unspecified atom stereocenters. The van der Waals surface area contributed by atoms with Crippen molar-refractivity contribution >= 4 is 5.82 Å². The van der Waals surface area contributed by atoms with E-state index < -0.39 is 0 Å². The van der Waals surface area contributed by atoms with Crippen LogP contribution >= 0.6 is 0 Å². The predicted octanol–water partition coefficient (Wildman–Crippen LogP) is 1.08. The van der Waals surface area contributed by atoms with Crippen LogP contribution in [-0.2, 0) is 6.54 Å². The molecule has 100 valence electrons. The summed E-state index contributed by atoms with van der Waals surface area (Å²) in [4.78, 5) is 8.54. The molecule has 1 fully saturated rings. The summed E-state index contributed by atoms with van der Waals surface area (Å²) in [6.07, 6.45) is 2.74. The second-order valence-electron chi connectivity index (χ2n) is 4.78. The van der Waals surface area contributed by atoms with Crippen molar-refractivity contribution in [1.82, 2.24) is 15.2 Å². The van der Waals surface area contributed by atoms with E-state index in [4.69, 9.17) is 0 Å². The Kier molecular flexibility index (Phi) is 4.49. The van der Waals surface area contributed by atoms with Gasteiger partial charge < -0.3 is 15.1 Å². The molecule has 0 atom stereocenters. The van der Waals surface area contributed by atoms with Crippen molar-refractivity contribution in [3.05, 3.63) is 23.6 Å². The van der Waals surface area contributed by atoms with E-state index in [-0.39, 0.29) is 5.82 Å². The molecular weight excluding hydrogens is 231 g/mol. The molecule has 0 aromatic carbocycles. The molecule has 1 aliphatic rings. The number of nitrogens with one attached hydrogen (secondary N) is 1. The second-order valence-corrected chi connectivity index (χ2v) is 4.78. The summed E-state index contributed by atoms with van der Waals surface area (Å²) >= 11 is 0. The zero-order valence-electron chi connectivity index (χ0n) is 11.1. The van der Waals surface area contributed by atoms with Crippen LogP contribution in [0.1, 0.15) is 12.0 Å². The summed E-state index contributed by atoms with van der Waals surface area (Å²) in [5.41, 5.74) is 0.681. The highest BCUT2D eigenvalue weighted by Crippen LogP contribution is 2.20. The third kappa shape index (κ3) is 2.97. The van der Waals surface area contributed by atoms with Gasteiger partial charge in [-0.15, -0.1) is 0 Å². The quantitative estimate of drug-likeness (QED) is 0.872. The Labute approximate surface area is 108 Å². The van der Waals surface area contributed by atoms with E-state index in [1.807, 2.05) is 7.05 Å². The minimum Gasteiger partial charge on any atom is -0.353 e. The first-order valence-corrected chi connectivity index (χ1v) is 6.44. The molecule has 0 spiro atoms. The molecule has 0 saturated carbocycles. The maximum Gasteiger partial charge on any atom is 0.170 e. The minimum atomic E-state index is -0.184. The van der Waals surface area contributed by atoms with Crippen LogP contribution in [0.25, 0.3) is 0 Å². The van der Waals surface area contributed by atoms with Gasteiger partial charge in [0.15, 0.2) is 11.6 Å². The summed E-state index contributed by atoms with van der Waals surface area (Å²) in [5, 5.41) is 2.98. The van der Waals surface area contributed by atoms with Crippen molar-refractivity contribution in [2.75, 3.05) is 45.2 Å². The van der Waals surface area contributed by atoms with Crippen molar-refractivity contribution in [2.45, 2.75) is 13.0 Å². The Hall–Kier alpha value is -1.20. The van der Waals surface area contributed by atoms with Crippen LogP contribution in [0.5, 0.6) is 0 Å². The van der Waals surface area contributed by atoms with Gasteiger partial charge in [-0.1, -0.05) is 0 Å². The van der Waals surface area contributed by atoms with Gasteiger partial charge >= 0.3 is 0 Å². The van der Waals surface area contributed by atoms with Gasteiger partial charge in [0, 0.05) is 37.9 Å². The first-order valence-electron chi connectivity index (χ1n) is 6.44. The van der Waals surface area contributed by atoms with Gasteiger partial charge in [0.2, 0.25) is 0 Å². The highest BCUT2D eigenvalue weighted by atomic mass is 19.1. The van der Waals surface area contributed by atoms with Crippen molar-refractivity contribution < 1.29 is 4.39 Å². The van der Waals surface area contributed by atoms with Crippen LogP contribution in [0.2, 0.25) is 0 Å². The SMILES string of the molecule is CNCc1ccnc(N2CCCN(C)CC2)c1F. The van der Waals surface area contributed by atoms with Crippen LogP contribution in [0, 0.1) is 5.82 Å². The fraction of sp³-hybridized carbons (Fsp3) is 0.615. The number of rotatable bonds is 3. The Morgan fingerprint density at radius 3 is 2.94 bits per heavy atom. The van der Waals surface area contributed by atoms with Gasteiger partial charge in [0.25, 0.3) is 0 Å². The molecule has 1 aromatic heterocycles. The van der Waals surface area contributed by atoms with E-state index in [9.17, 15) is 4.39 Å². The van der Waals surface area contributed by atoms with Gasteiger partial charge in [-0.2, -0.15) is 0 Å². The normalized spacial score (nSPS) is 17.8. The maximum atomic E-state index is 14.3. The van der Waals surface area contributed by atoms with Crippen molar-refractivity contribution in [3.63, 3.8) is 0 Å². The number of likely N-dealkylation sites (N-methyl/N-ethyl adjacent to an activating group) is 1. The molecule has 2 rings (SSSR count). The molecule has 2 heterocycles. The standard InChI is InChI=1S/C13H21FN4/c1-15-10-11-4-5-16-13(12(11)14)18-7-3-6-17(2)8-9-18/h4-5,15H,3,6-10H2,1-2H3. The molecule has 1 aromatic rings. The average Bonchev–Trinajstić information content (AvgIpc) is 2.57. The molecule has 1 aliphatic heterocycles. The molecule has 4 nitrogen and oxygen atoms in total. The zero-order valence-corrected chi connectivity index (χ0v) is 11.1. The third-order valence-electron chi connectivity index (χ3n) is 3.34. The van der Waals surface area contributed by atoms with E-state index in [1.54, 1.807) is 12.3 Å². The van der Waals surface area contributed by atoms with Crippen molar-refractivity contribution in [1.29, 1.82) is 0 Å². The molecule has 18 heavy (non-hydrogen) atoms. The number of hydrogen-bond donors (Lipinski definition) is 1. The Morgan fingerprint density at radius 1 is 1.33 bits per heavy atom. The van der Waals surface area contributed by atoms with Gasteiger partial charge in [-0.05, 0) is 33.1 Å². The smallest absolute Gasteiger partial charge is 0.170 e. The number of pyridine rings is 1. The average molecular weight is 252 g/mol. The summed E-state index contributed by atoms with van der Waals surface area (Å²) in [5.74, 6) is 0.314. The Morgan fingerprint density at radius 2 is 2.17 bits per heavy atom. The summed E-state index contributed by atoms with van der Waals surface area (Å²) in [6.45, 7) is 4.27. The fourth-order valence-corrected chi connectivity index (χ4v) is 2.28. The van der Waals surface area contributed by atoms with E-state index in [0.717, 1.165) is 32.6 Å². The molecule has 1 N–H and O–H groups in total. The molecule has 1 saturated heterocycles. The van der Waals surface area contributed by atoms with Crippen LogP contribution in [0.3, 0.4) is 0 Å². The Balaban J connectivity index is 2.19. The number of aromatic nitrogens is 1. The minimum absolute atomic E-state index is 0.184. The van der Waals surface area contributed by atoms with Crippen molar-refractivity contribution in [2.24, 2.45) is 0 Å². The number of anilines is 1. The molecule has 0 bridgehead atoms. The highest BCUT2D eigenvalue weighted by Gasteiger charge is 2.18. The van der Waals surface area contributed by atoms with Gasteiger partial charge in [0.1, 0.15) is 0 Å². The van der Waals surface area contributed by atoms with Gasteiger partial charge in [-0.3, -0.25) is 0 Å². The van der Waals surface area contributed by atoms with Crippen LogP contribution in [0.15, 0.2) is 12.3 Å². The lowest BCUT2D eigenvalue weighted by Crippen LogP contribution is -2.30. The number of nitrogens with zero attached hydrogens (tertiary/aromatic N) is 3. The topological polar surface area (TPSA) is 31.4 Å². The number of hydrogen-bond acceptors (Lipinski definition) is 4. The first-order chi connectivity index (χ1) is 8.72. The fourth-order valence-electron chi connectivity index (χ4n) is 2.28. The molecule has 0 amide bonds. The lowest BCUT2D eigenvalue weighted by molar-refractivity contribution is 0.360. The first kappa shape index (κ1) is 13.2. The summed E-state index contributed by atoms with van der Waals surface area (Å²) in [7, 11) is 3.92. The van der Waals surface area contributed by atoms with Crippen LogP contribution in [0.4, 0.5) is 10.2 Å². The lowest BCUT2D eigenvalue weighted by atomic mass is 10.2. The second kappa shape index (κ2) is 6.11. The predicted molar refractivity (Wildman–Crippen MR) is 71.3 cm³/mol. The molecule has 0 aliphatic carbocycles. The summed E-state index contributed by atoms with van der Waals surface area (Å²) in [6, 6.07) is 1.74. The monoisotopic (exact) mass is 252 g/mol.